The molecule has 0 saturated heterocycles. The molecule has 12 heteroatoms. The van der Waals surface area contributed by atoms with Gasteiger partial charge in [0.2, 0.25) is 0 Å². The van der Waals surface area contributed by atoms with Gasteiger partial charge in [-0.1, -0.05) is 47.3 Å². The predicted molar refractivity (Wildman–Crippen MR) is 176 cm³/mol. The first-order chi connectivity index (χ1) is 20.8. The minimum Gasteiger partial charge on any atom is -0.490 e. The van der Waals surface area contributed by atoms with Gasteiger partial charge in [0.05, 0.1) is 33.9 Å². The summed E-state index contributed by atoms with van der Waals surface area (Å²) in [6.45, 7) is 1.77. The van der Waals surface area contributed by atoms with Crippen molar-refractivity contribution in [2.24, 2.45) is 5.10 Å². The van der Waals surface area contributed by atoms with Crippen LogP contribution in [0.25, 0.3) is 10.9 Å². The number of para-hydroxylation sites is 1. The lowest BCUT2D eigenvalue weighted by molar-refractivity contribution is -0.118. The lowest BCUT2D eigenvalue weighted by Gasteiger charge is -2.23. The van der Waals surface area contributed by atoms with Crippen LogP contribution in [0.15, 0.2) is 71.8 Å². The number of nitrogens with one attached hydrogen (secondary N) is 1. The van der Waals surface area contributed by atoms with Gasteiger partial charge in [-0.25, -0.2) is 9.37 Å². The molecule has 4 aromatic rings. The Kier molecular flexibility index (Phi) is 10.3. The van der Waals surface area contributed by atoms with E-state index in [4.69, 9.17) is 14.5 Å². The number of rotatable bonds is 9. The van der Waals surface area contributed by atoms with Crippen molar-refractivity contribution in [2.45, 2.75) is 44.9 Å². The number of ether oxygens (including phenoxy) is 2. The quantitative estimate of drug-likeness (QED) is 0.173. The monoisotopic (exact) mass is 776 g/mol. The van der Waals surface area contributed by atoms with E-state index in [1.165, 1.54) is 29.3 Å². The van der Waals surface area contributed by atoms with Crippen molar-refractivity contribution in [1.82, 2.24) is 9.66 Å². The van der Waals surface area contributed by atoms with Crippen molar-refractivity contribution in [3.63, 3.8) is 0 Å². The van der Waals surface area contributed by atoms with Crippen molar-refractivity contribution in [2.75, 3.05) is 18.5 Å². The number of anilines is 1. The predicted octanol–water partition coefficient (Wildman–Crippen LogP) is 8.17. The molecule has 0 radical (unpaired) electrons. The normalized spacial score (nSPS) is 13.9. The first kappa shape index (κ1) is 31.3. The molecular formula is C31H28Br3FN4O4. The average molecular weight is 779 g/mol. The number of nitrogens with zero attached hydrogens (tertiary/aromatic N) is 3. The first-order valence-electron chi connectivity index (χ1n) is 13.8. The fraction of sp³-hybridized carbons (Fsp3) is 0.290. The molecule has 0 unspecified atom stereocenters. The lowest BCUT2D eigenvalue weighted by Crippen LogP contribution is -2.25. The van der Waals surface area contributed by atoms with Crippen LogP contribution in [-0.2, 0) is 4.79 Å². The molecule has 0 atom stereocenters. The number of hydrogen-bond acceptors (Lipinski definition) is 6. The standard InChI is InChI=1S/C31H28Br3FN4O4/c1-2-42-25-14-19(27(33)28(34)29(25)43-17-26(40)37-24-11-7-6-10-22(24)35)16-36-39-30(18-8-4-3-5-9-18)38-23-13-12-20(32)15-21(23)31(39)41/h6-7,10-16,18H,2-5,8-9,17H2,1H3,(H,37,40). The summed E-state index contributed by atoms with van der Waals surface area (Å²) in [5.74, 6) is 0.346. The third-order valence-electron chi connectivity index (χ3n) is 7.07. The summed E-state index contributed by atoms with van der Waals surface area (Å²) in [5.41, 5.74) is 1.06. The van der Waals surface area contributed by atoms with Gasteiger partial charge >= 0.3 is 0 Å². The van der Waals surface area contributed by atoms with Crippen LogP contribution in [0, 0.1) is 5.82 Å². The van der Waals surface area contributed by atoms with Crippen LogP contribution < -0.4 is 20.3 Å². The molecule has 3 aromatic carbocycles. The summed E-state index contributed by atoms with van der Waals surface area (Å²) in [6, 6.07) is 13.1. The molecule has 0 spiro atoms. The van der Waals surface area contributed by atoms with Crippen LogP contribution in [0.1, 0.15) is 56.3 Å². The van der Waals surface area contributed by atoms with Crippen LogP contribution in [-0.4, -0.2) is 35.0 Å². The lowest BCUT2D eigenvalue weighted by atomic mass is 9.88. The van der Waals surface area contributed by atoms with E-state index in [1.54, 1.807) is 24.4 Å². The summed E-state index contributed by atoms with van der Waals surface area (Å²) in [7, 11) is 0. The highest BCUT2D eigenvalue weighted by Crippen LogP contribution is 2.42. The first-order valence-corrected chi connectivity index (χ1v) is 16.2. The number of halogens is 4. The molecule has 5 rings (SSSR count). The minimum atomic E-state index is -0.543. The van der Waals surface area contributed by atoms with Gasteiger partial charge in [-0.15, -0.1) is 0 Å². The van der Waals surface area contributed by atoms with Gasteiger partial charge in [-0.05, 0) is 88.0 Å². The maximum Gasteiger partial charge on any atom is 0.282 e. The van der Waals surface area contributed by atoms with Gasteiger partial charge in [0.1, 0.15) is 11.6 Å². The minimum absolute atomic E-state index is 0.0614. The third kappa shape index (κ3) is 7.18. The summed E-state index contributed by atoms with van der Waals surface area (Å²) >= 11 is 10.6. The Hall–Kier alpha value is -3.09. The van der Waals surface area contributed by atoms with Crippen molar-refractivity contribution in [3.05, 3.63) is 89.5 Å². The molecule has 1 aliphatic carbocycles. The Labute approximate surface area is 273 Å². The van der Waals surface area contributed by atoms with E-state index in [1.807, 2.05) is 19.1 Å². The van der Waals surface area contributed by atoms with Gasteiger partial charge in [0, 0.05) is 20.4 Å². The van der Waals surface area contributed by atoms with Crippen LogP contribution in [0.4, 0.5) is 10.1 Å². The fourth-order valence-corrected chi connectivity index (χ4v) is 6.30. The maximum absolute atomic E-state index is 14.0. The van der Waals surface area contributed by atoms with Crippen molar-refractivity contribution >= 4 is 76.5 Å². The van der Waals surface area contributed by atoms with Crippen molar-refractivity contribution in [3.8, 4) is 11.5 Å². The number of carbonyl (C=O) groups excluding carboxylic acids is 1. The second-order valence-electron chi connectivity index (χ2n) is 10.00. The van der Waals surface area contributed by atoms with E-state index in [0.717, 1.165) is 30.2 Å². The Morgan fingerprint density at radius 3 is 2.60 bits per heavy atom. The SMILES string of the molecule is CCOc1cc(C=Nn2c(C3CCCCC3)nc3ccc(Br)cc3c2=O)c(Br)c(Br)c1OCC(=O)Nc1ccccc1F. The molecule has 1 amide bonds. The number of fused-ring (bicyclic) bond motifs is 1. The Bertz CT molecular complexity index is 1760. The number of hydrogen-bond donors (Lipinski definition) is 1. The number of amides is 1. The molecule has 1 saturated carbocycles. The average Bonchev–Trinajstić information content (AvgIpc) is 3.00. The molecule has 1 aliphatic rings. The number of benzene rings is 3. The highest BCUT2D eigenvalue weighted by Gasteiger charge is 2.23. The molecule has 224 valence electrons. The topological polar surface area (TPSA) is 94.8 Å². The van der Waals surface area contributed by atoms with E-state index >= 15 is 0 Å². The number of aromatic nitrogens is 2. The van der Waals surface area contributed by atoms with Gasteiger partial charge in [-0.3, -0.25) is 9.59 Å². The van der Waals surface area contributed by atoms with E-state index in [9.17, 15) is 14.0 Å². The molecule has 43 heavy (non-hydrogen) atoms. The molecule has 1 fully saturated rings. The zero-order chi connectivity index (χ0) is 30.5. The zero-order valence-electron chi connectivity index (χ0n) is 23.2. The van der Waals surface area contributed by atoms with E-state index < -0.39 is 11.7 Å². The van der Waals surface area contributed by atoms with E-state index in [-0.39, 0.29) is 29.5 Å². The largest absolute Gasteiger partial charge is 0.490 e. The maximum atomic E-state index is 14.0. The molecule has 0 aliphatic heterocycles. The molecular weight excluding hydrogens is 751 g/mol. The van der Waals surface area contributed by atoms with Crippen LogP contribution in [0.2, 0.25) is 0 Å². The molecule has 1 aromatic heterocycles. The van der Waals surface area contributed by atoms with Crippen molar-refractivity contribution < 1.29 is 18.7 Å². The number of carbonyl (C=O) groups is 1. The second kappa shape index (κ2) is 14.1. The Morgan fingerprint density at radius 2 is 1.86 bits per heavy atom. The summed E-state index contributed by atoms with van der Waals surface area (Å²) < 4.78 is 28.9. The van der Waals surface area contributed by atoms with Crippen molar-refractivity contribution in [1.29, 1.82) is 0 Å². The molecule has 1 N–H and O–H groups in total. The summed E-state index contributed by atoms with van der Waals surface area (Å²) in [4.78, 5) is 31.1. The van der Waals surface area contributed by atoms with Crippen LogP contribution in [0.5, 0.6) is 11.5 Å². The van der Waals surface area contributed by atoms with Gasteiger partial charge in [0.25, 0.3) is 11.5 Å². The highest BCUT2D eigenvalue weighted by atomic mass is 79.9. The Morgan fingerprint density at radius 1 is 1.09 bits per heavy atom. The van der Waals surface area contributed by atoms with Crippen LogP contribution >= 0.6 is 47.8 Å². The van der Waals surface area contributed by atoms with Gasteiger partial charge in [0.15, 0.2) is 18.1 Å². The summed E-state index contributed by atoms with van der Waals surface area (Å²) in [6.07, 6.45) is 6.81. The molecule has 0 bridgehead atoms. The Balaban J connectivity index is 1.48. The van der Waals surface area contributed by atoms with E-state index in [2.05, 4.69) is 58.2 Å². The highest BCUT2D eigenvalue weighted by molar-refractivity contribution is 9.13. The van der Waals surface area contributed by atoms with Crippen LogP contribution in [0.3, 0.4) is 0 Å². The van der Waals surface area contributed by atoms with Gasteiger partial charge < -0.3 is 14.8 Å². The summed E-state index contributed by atoms with van der Waals surface area (Å²) in [5, 5.41) is 7.62. The van der Waals surface area contributed by atoms with Gasteiger partial charge in [-0.2, -0.15) is 9.78 Å². The zero-order valence-corrected chi connectivity index (χ0v) is 28.0. The van der Waals surface area contributed by atoms with E-state index in [0.29, 0.717) is 43.6 Å². The fourth-order valence-electron chi connectivity index (χ4n) is 5.00. The smallest absolute Gasteiger partial charge is 0.282 e. The molecule has 1 heterocycles. The second-order valence-corrected chi connectivity index (χ2v) is 12.5. The molecule has 8 nitrogen and oxygen atoms in total. The third-order valence-corrected chi connectivity index (χ3v) is 9.70.